The summed E-state index contributed by atoms with van der Waals surface area (Å²) in [7, 11) is 0. The lowest BCUT2D eigenvalue weighted by atomic mass is 9.34. The summed E-state index contributed by atoms with van der Waals surface area (Å²) in [6.07, 6.45) is -19.6. The van der Waals surface area contributed by atoms with Crippen LogP contribution in [0.5, 0.6) is 0 Å². The predicted molar refractivity (Wildman–Crippen MR) is 364 cm³/mol. The van der Waals surface area contributed by atoms with Crippen LogP contribution >= 0.6 is 0 Å². The second kappa shape index (κ2) is 19.2. The maximum atomic E-state index is 15.9. The summed E-state index contributed by atoms with van der Waals surface area (Å²) in [5, 5.41) is 3.62. The van der Waals surface area contributed by atoms with Gasteiger partial charge < -0.3 is 0 Å². The highest BCUT2D eigenvalue weighted by atomic mass is 19.4. The fourth-order valence-corrected chi connectivity index (χ4v) is 16.2. The lowest BCUT2D eigenvalue weighted by Gasteiger charge is -2.37. The zero-order valence-corrected chi connectivity index (χ0v) is 56.1. The van der Waals surface area contributed by atoms with Crippen LogP contribution in [0.4, 0.5) is 52.7 Å². The summed E-state index contributed by atoms with van der Waals surface area (Å²) >= 11 is 0. The Hall–Kier alpha value is -7.47. The third-order valence-electron chi connectivity index (χ3n) is 20.7. The van der Waals surface area contributed by atoms with Crippen molar-refractivity contribution < 1.29 is 52.7 Å². The summed E-state index contributed by atoms with van der Waals surface area (Å²) in [5.41, 5.74) is 5.57. The molecule has 0 radical (unpaired) electrons. The van der Waals surface area contributed by atoms with Gasteiger partial charge in [0.15, 0.2) is 0 Å². The lowest BCUT2D eigenvalue weighted by Crippen LogP contribution is -2.53. The van der Waals surface area contributed by atoms with E-state index in [1.54, 1.807) is 0 Å². The number of rotatable bonds is 2. The van der Waals surface area contributed by atoms with E-state index in [4.69, 9.17) is 0 Å². The van der Waals surface area contributed by atoms with E-state index >= 15 is 52.7 Å². The molecule has 0 atom stereocenters. The highest BCUT2D eigenvalue weighted by Crippen LogP contribution is 2.57. The SMILES string of the molecule is CC(C)(C)c1cc(C(C)(C)C)c(-c2cc3c4c(cc5c(-c6c(C(C)(C)C)cc(C(C)(C)C)cc6C(C)(C)C)cc6c7c(cc2c4c57)B2c4ccc(C(F)(F)F)cc4-c4cc(C(F)(F)F)cc-6c42)B2c4ccc(C(F)(F)F)cc4-c4cc(C(F)(F)F)cc-3c42)c(C(C)(C)C)c1. The van der Waals surface area contributed by atoms with Gasteiger partial charge in [0.05, 0.1) is 22.3 Å². The van der Waals surface area contributed by atoms with Gasteiger partial charge in [-0.1, -0.05) is 218 Å². The van der Waals surface area contributed by atoms with Crippen molar-refractivity contribution >= 4 is 78.5 Å². The lowest BCUT2D eigenvalue weighted by molar-refractivity contribution is -0.138. The second-order valence-corrected chi connectivity index (χ2v) is 33.3. The highest BCUT2D eigenvalue weighted by Gasteiger charge is 2.50. The minimum atomic E-state index is -4.96. The van der Waals surface area contributed by atoms with Crippen LogP contribution in [-0.2, 0) is 57.2 Å². The first kappa shape index (κ1) is 63.9. The molecule has 4 aliphatic rings. The summed E-state index contributed by atoms with van der Waals surface area (Å²) in [6, 6.07) is 27.8. The third-order valence-corrected chi connectivity index (χ3v) is 20.7. The molecule has 4 aliphatic heterocycles. The Bertz CT molecular complexity index is 4620. The molecule has 0 N–H and O–H groups in total. The molecular formula is C80H72B2F12. The number of fused-ring (bicyclic) bond motifs is 10. The van der Waals surface area contributed by atoms with E-state index in [1.165, 1.54) is 12.1 Å². The Kier molecular flexibility index (Phi) is 13.0. The molecule has 0 saturated carbocycles. The van der Waals surface area contributed by atoms with Gasteiger partial charge in [0.25, 0.3) is 0 Å². The van der Waals surface area contributed by atoms with E-state index in [1.807, 2.05) is 12.1 Å². The average molecular weight is 1280 g/mol. The molecular weight excluding hydrogens is 1210 g/mol. The molecule has 0 spiro atoms. The van der Waals surface area contributed by atoms with Gasteiger partial charge in [0, 0.05) is 0 Å². The van der Waals surface area contributed by atoms with Crippen molar-refractivity contribution in [3.05, 3.63) is 165 Å². The first-order chi connectivity index (χ1) is 43.0. The van der Waals surface area contributed by atoms with Crippen LogP contribution in [0.2, 0.25) is 0 Å². The number of halogens is 12. The molecule has 94 heavy (non-hydrogen) atoms. The van der Waals surface area contributed by atoms with E-state index in [2.05, 4.69) is 161 Å². The quantitative estimate of drug-likeness (QED) is 0.0919. The Morgan fingerprint density at radius 3 is 0.745 bits per heavy atom. The summed E-state index contributed by atoms with van der Waals surface area (Å²) in [5.74, 6) is 0. The molecule has 10 aromatic rings. The van der Waals surface area contributed by atoms with E-state index < -0.39 is 82.0 Å². The maximum absolute atomic E-state index is 15.9. The van der Waals surface area contributed by atoms with Crippen molar-refractivity contribution in [2.24, 2.45) is 0 Å². The van der Waals surface area contributed by atoms with Crippen LogP contribution in [0.1, 0.15) is 180 Å². The highest BCUT2D eigenvalue weighted by molar-refractivity contribution is 7.03. The Morgan fingerprint density at radius 2 is 0.489 bits per heavy atom. The van der Waals surface area contributed by atoms with Gasteiger partial charge in [-0.15, -0.1) is 0 Å². The van der Waals surface area contributed by atoms with Gasteiger partial charge in [-0.3, -0.25) is 0 Å². The minimum Gasteiger partial charge on any atom is -0.166 e. The normalized spacial score (nSPS) is 14.9. The fourth-order valence-electron chi connectivity index (χ4n) is 16.2. The predicted octanol–water partition coefficient (Wildman–Crippen LogP) is 20.7. The molecule has 0 fully saturated rings. The smallest absolute Gasteiger partial charge is 0.166 e. The molecule has 0 aliphatic carbocycles. The number of alkyl halides is 12. The zero-order chi connectivity index (χ0) is 68.5. The molecule has 14 heteroatoms. The third kappa shape index (κ3) is 9.40. The van der Waals surface area contributed by atoms with Gasteiger partial charge in [-0.25, -0.2) is 0 Å². The van der Waals surface area contributed by atoms with E-state index in [0.717, 1.165) is 93.0 Å². The average Bonchev–Trinajstić information content (AvgIpc) is 1.21. The number of hydrogen-bond acceptors (Lipinski definition) is 0. The molecule has 10 aromatic carbocycles. The van der Waals surface area contributed by atoms with Gasteiger partial charge in [0.2, 0.25) is 13.4 Å². The molecule has 0 aromatic heterocycles. The summed E-state index contributed by atoms with van der Waals surface area (Å²) in [4.78, 5) is 0. The van der Waals surface area contributed by atoms with E-state index in [9.17, 15) is 0 Å². The number of benzene rings is 10. The zero-order valence-electron chi connectivity index (χ0n) is 56.1. The van der Waals surface area contributed by atoms with E-state index in [0.29, 0.717) is 87.3 Å². The van der Waals surface area contributed by atoms with Crippen LogP contribution in [0.15, 0.2) is 109 Å². The minimum absolute atomic E-state index is 0.0238. The van der Waals surface area contributed by atoms with E-state index in [-0.39, 0.29) is 44.2 Å². The molecule has 0 amide bonds. The van der Waals surface area contributed by atoms with Crippen molar-refractivity contribution in [1.29, 1.82) is 0 Å². The van der Waals surface area contributed by atoms with Crippen molar-refractivity contribution in [3.8, 4) is 66.8 Å². The molecule has 14 rings (SSSR count). The Labute approximate surface area is 542 Å². The van der Waals surface area contributed by atoms with Crippen molar-refractivity contribution in [3.63, 3.8) is 0 Å². The second-order valence-electron chi connectivity index (χ2n) is 33.3. The Morgan fingerprint density at radius 1 is 0.223 bits per heavy atom. The van der Waals surface area contributed by atoms with Crippen LogP contribution in [-0.4, -0.2) is 13.4 Å². The maximum Gasteiger partial charge on any atom is 0.416 e. The molecule has 0 nitrogen and oxygen atoms in total. The van der Waals surface area contributed by atoms with Gasteiger partial charge in [-0.05, 0) is 213 Å². The first-order valence-corrected chi connectivity index (χ1v) is 32.2. The fraction of sp³-hybridized carbons (Fsp3) is 0.350. The molecule has 0 bridgehead atoms. The summed E-state index contributed by atoms with van der Waals surface area (Å²) < 4.78 is 186. The van der Waals surface area contributed by atoms with Crippen LogP contribution in [0.25, 0.3) is 99.1 Å². The monoisotopic (exact) mass is 1280 g/mol. The topological polar surface area (TPSA) is 0 Å². The van der Waals surface area contributed by atoms with Crippen LogP contribution in [0.3, 0.4) is 0 Å². The van der Waals surface area contributed by atoms with Crippen molar-refractivity contribution in [1.82, 2.24) is 0 Å². The van der Waals surface area contributed by atoms with Gasteiger partial charge >= 0.3 is 24.7 Å². The standard InChI is InChI=1S/C80H72B2F12/c1-71(2,3)39-29-55(73(7,8)9)63(56(30-39)74(10,11)12)45-33-47-53-27-41(79(89,90)91)25-51-43-23-38(78(86,87)88)20-22-60(43)82(69(51)53)62-36-50-46(64-57(75(13,14)15)31-40(72(4,5)6)32-58(64)76(16,17)18)34-48-54-28-42(80(92,93)94)26-52-44-24-37(77(83,84)85)19-21-59(44)81(70(52)54)61-35-49(45)67(65(47)62)68(50)66(48)61/h19-36H,1-18H3. The number of hydrogen-bond donors (Lipinski definition) is 0. The van der Waals surface area contributed by atoms with Gasteiger partial charge in [0.1, 0.15) is 0 Å². The molecule has 4 heterocycles. The first-order valence-electron chi connectivity index (χ1n) is 32.2. The molecule has 482 valence electrons. The molecule has 0 saturated heterocycles. The van der Waals surface area contributed by atoms with Gasteiger partial charge in [-0.2, -0.15) is 52.7 Å². The molecule has 0 unspecified atom stereocenters. The van der Waals surface area contributed by atoms with Crippen molar-refractivity contribution in [2.45, 2.75) is 182 Å². The largest absolute Gasteiger partial charge is 0.416 e. The van der Waals surface area contributed by atoms with Crippen LogP contribution < -0.4 is 32.8 Å². The summed E-state index contributed by atoms with van der Waals surface area (Å²) in [6.45, 7) is 36.4. The van der Waals surface area contributed by atoms with Crippen molar-refractivity contribution in [2.75, 3.05) is 0 Å². The Balaban J connectivity index is 1.31. The van der Waals surface area contributed by atoms with Crippen LogP contribution in [0, 0.1) is 0 Å².